The Bertz CT molecular complexity index is 3090. The molecule has 1 heterocycles. The van der Waals surface area contributed by atoms with Gasteiger partial charge in [-0.05, 0) is 138 Å². The number of benzene rings is 8. The van der Waals surface area contributed by atoms with Crippen LogP contribution in [-0.2, 0) is 16.2 Å². The van der Waals surface area contributed by atoms with Crippen LogP contribution in [0, 0.1) is 0 Å². The van der Waals surface area contributed by atoms with Gasteiger partial charge in [0.05, 0.1) is 11.0 Å². The van der Waals surface area contributed by atoms with Crippen molar-refractivity contribution in [1.29, 1.82) is 0 Å². The summed E-state index contributed by atoms with van der Waals surface area (Å²) >= 11 is 0. The molecule has 1 heteroatoms. The van der Waals surface area contributed by atoms with Crippen LogP contribution < -0.4 is 0 Å². The lowest BCUT2D eigenvalue weighted by atomic mass is 9.81. The molecule has 3 aliphatic carbocycles. The molecule has 0 bridgehead atoms. The maximum absolute atomic E-state index is 2.50. The summed E-state index contributed by atoms with van der Waals surface area (Å²) in [4.78, 5) is 0. The second kappa shape index (κ2) is 12.8. The zero-order valence-corrected chi connectivity index (χ0v) is 36.0. The molecule has 0 N–H and O–H groups in total. The molecule has 0 spiro atoms. The Balaban J connectivity index is 0.00000201. The van der Waals surface area contributed by atoms with Gasteiger partial charge in [0, 0.05) is 32.7 Å². The standard InChI is InChI=1S/C57H45N.C2H6/c1-55(2)47-16-10-7-13-39(47)42-24-19-36(31-50(42)55)34-21-27-53-45(29-34)46-30-35(37-20-25-43-40-14-8-11-17-48(40)56(3,4)51(43)32-37)22-28-54(46)58(53)38-23-26-44-41-15-9-12-18-49(41)57(5,6)52(44)33-38;1-2/h7-33H,1-6H3;1-2H3. The fourth-order valence-corrected chi connectivity index (χ4v) is 11.3. The number of hydrogen-bond acceptors (Lipinski definition) is 0. The van der Waals surface area contributed by atoms with E-state index in [9.17, 15) is 0 Å². The minimum atomic E-state index is -0.0803. The maximum Gasteiger partial charge on any atom is 0.0541 e. The van der Waals surface area contributed by atoms with Crippen molar-refractivity contribution in [1.82, 2.24) is 4.57 Å². The summed E-state index contributed by atoms with van der Waals surface area (Å²) in [6.45, 7) is 18.2. The molecule has 1 aromatic heterocycles. The minimum Gasteiger partial charge on any atom is -0.309 e. The molecule has 12 rings (SSSR count). The van der Waals surface area contributed by atoms with E-state index < -0.39 is 0 Å². The van der Waals surface area contributed by atoms with E-state index in [1.54, 1.807) is 0 Å². The topological polar surface area (TPSA) is 4.93 Å². The van der Waals surface area contributed by atoms with Crippen molar-refractivity contribution in [3.05, 3.63) is 197 Å². The average molecular weight is 774 g/mol. The van der Waals surface area contributed by atoms with Crippen LogP contribution in [-0.4, -0.2) is 4.57 Å². The van der Waals surface area contributed by atoms with Crippen molar-refractivity contribution < 1.29 is 0 Å². The largest absolute Gasteiger partial charge is 0.309 e. The highest BCUT2D eigenvalue weighted by atomic mass is 15.0. The normalized spacial score (nSPS) is 15.4. The van der Waals surface area contributed by atoms with E-state index in [-0.39, 0.29) is 16.2 Å². The van der Waals surface area contributed by atoms with E-state index in [0.29, 0.717) is 0 Å². The molecule has 8 aromatic carbocycles. The number of hydrogen-bond donors (Lipinski definition) is 0. The predicted molar refractivity (Wildman–Crippen MR) is 256 cm³/mol. The van der Waals surface area contributed by atoms with Crippen molar-refractivity contribution in [2.24, 2.45) is 0 Å². The molecule has 0 unspecified atom stereocenters. The van der Waals surface area contributed by atoms with Gasteiger partial charge in [-0.15, -0.1) is 0 Å². The third kappa shape index (κ3) is 4.93. The van der Waals surface area contributed by atoms with Gasteiger partial charge in [-0.1, -0.05) is 171 Å². The SMILES string of the molecule is CC.CC1(C)c2ccccc2-c2ccc(-c3ccc4c(c3)c3cc(-c5ccc6c(c5)C(C)(C)c5ccccc5-6)ccc3n4-c3ccc4c(c3)C(C)(C)c3ccccc3-4)cc21. The molecular formula is C59H51N. The highest BCUT2D eigenvalue weighted by Gasteiger charge is 2.38. The molecule has 0 aliphatic heterocycles. The molecular weight excluding hydrogens is 723 g/mol. The predicted octanol–water partition coefficient (Wildman–Crippen LogP) is 16.1. The summed E-state index contributed by atoms with van der Waals surface area (Å²) in [5.74, 6) is 0. The fourth-order valence-electron chi connectivity index (χ4n) is 11.3. The summed E-state index contributed by atoms with van der Waals surface area (Å²) in [5, 5.41) is 2.55. The molecule has 9 aromatic rings. The summed E-state index contributed by atoms with van der Waals surface area (Å²) < 4.78 is 2.50. The Morgan fingerprint density at radius 3 is 1.03 bits per heavy atom. The molecule has 3 aliphatic rings. The van der Waals surface area contributed by atoms with Gasteiger partial charge in [0.15, 0.2) is 0 Å². The van der Waals surface area contributed by atoms with Crippen LogP contribution in [0.4, 0.5) is 0 Å². The van der Waals surface area contributed by atoms with E-state index in [1.165, 1.54) is 117 Å². The number of nitrogens with zero attached hydrogens (tertiary/aromatic N) is 1. The molecule has 0 saturated heterocycles. The van der Waals surface area contributed by atoms with Gasteiger partial charge in [0.2, 0.25) is 0 Å². The molecule has 0 amide bonds. The summed E-state index contributed by atoms with van der Waals surface area (Å²) in [6.07, 6.45) is 0. The molecule has 292 valence electrons. The van der Waals surface area contributed by atoms with Crippen LogP contribution >= 0.6 is 0 Å². The lowest BCUT2D eigenvalue weighted by molar-refractivity contribution is 0.660. The van der Waals surface area contributed by atoms with Crippen LogP contribution in [0.15, 0.2) is 164 Å². The zero-order valence-electron chi connectivity index (χ0n) is 36.0. The minimum absolute atomic E-state index is 0.0518. The van der Waals surface area contributed by atoms with E-state index in [2.05, 4.69) is 210 Å². The second-order valence-corrected chi connectivity index (χ2v) is 18.6. The Morgan fingerprint density at radius 1 is 0.300 bits per heavy atom. The Kier molecular flexibility index (Phi) is 7.80. The van der Waals surface area contributed by atoms with E-state index in [0.717, 1.165) is 0 Å². The molecule has 0 fully saturated rings. The van der Waals surface area contributed by atoms with Crippen molar-refractivity contribution >= 4 is 21.8 Å². The Labute approximate surface area is 355 Å². The first kappa shape index (κ1) is 36.6. The average Bonchev–Trinajstić information content (AvgIpc) is 3.89. The van der Waals surface area contributed by atoms with Crippen LogP contribution in [0.2, 0.25) is 0 Å². The molecule has 60 heavy (non-hydrogen) atoms. The molecule has 0 saturated carbocycles. The van der Waals surface area contributed by atoms with Gasteiger partial charge >= 0.3 is 0 Å². The first-order valence-corrected chi connectivity index (χ1v) is 21.8. The zero-order chi connectivity index (χ0) is 41.3. The van der Waals surface area contributed by atoms with Crippen molar-refractivity contribution in [3.63, 3.8) is 0 Å². The van der Waals surface area contributed by atoms with E-state index in [1.807, 2.05) is 13.8 Å². The van der Waals surface area contributed by atoms with Crippen LogP contribution in [0.25, 0.3) is 83.1 Å². The highest BCUT2D eigenvalue weighted by Crippen LogP contribution is 2.53. The van der Waals surface area contributed by atoms with Crippen LogP contribution in [0.3, 0.4) is 0 Å². The van der Waals surface area contributed by atoms with Crippen molar-refractivity contribution in [2.75, 3.05) is 0 Å². The summed E-state index contributed by atoms with van der Waals surface area (Å²) in [6, 6.07) is 62.5. The summed E-state index contributed by atoms with van der Waals surface area (Å²) in [7, 11) is 0. The number of rotatable bonds is 3. The van der Waals surface area contributed by atoms with Gasteiger partial charge < -0.3 is 4.57 Å². The van der Waals surface area contributed by atoms with Gasteiger partial charge in [-0.3, -0.25) is 0 Å². The number of aromatic nitrogens is 1. The van der Waals surface area contributed by atoms with Crippen LogP contribution in [0.5, 0.6) is 0 Å². The van der Waals surface area contributed by atoms with Crippen molar-refractivity contribution in [2.45, 2.75) is 71.6 Å². The molecule has 1 nitrogen and oxygen atoms in total. The van der Waals surface area contributed by atoms with Gasteiger partial charge in [-0.25, -0.2) is 0 Å². The molecule has 0 atom stereocenters. The monoisotopic (exact) mass is 773 g/mol. The second-order valence-electron chi connectivity index (χ2n) is 18.6. The third-order valence-corrected chi connectivity index (χ3v) is 14.4. The smallest absolute Gasteiger partial charge is 0.0541 e. The van der Waals surface area contributed by atoms with Crippen molar-refractivity contribution in [3.8, 4) is 61.3 Å². The third-order valence-electron chi connectivity index (χ3n) is 14.4. The maximum atomic E-state index is 2.50. The first-order chi connectivity index (χ1) is 29.0. The van der Waals surface area contributed by atoms with Gasteiger partial charge in [-0.2, -0.15) is 0 Å². The van der Waals surface area contributed by atoms with Gasteiger partial charge in [0.25, 0.3) is 0 Å². The first-order valence-electron chi connectivity index (χ1n) is 21.8. The summed E-state index contributed by atoms with van der Waals surface area (Å²) in [5.41, 5.74) is 25.0. The number of fused-ring (bicyclic) bond motifs is 12. The lowest BCUT2D eigenvalue weighted by Crippen LogP contribution is -2.15. The van der Waals surface area contributed by atoms with Gasteiger partial charge in [0.1, 0.15) is 0 Å². The van der Waals surface area contributed by atoms with E-state index in [4.69, 9.17) is 0 Å². The molecule has 0 radical (unpaired) electrons. The quantitative estimate of drug-likeness (QED) is 0.169. The van der Waals surface area contributed by atoms with E-state index >= 15 is 0 Å². The highest BCUT2D eigenvalue weighted by molar-refractivity contribution is 6.12. The lowest BCUT2D eigenvalue weighted by Gasteiger charge is -2.22. The Morgan fingerprint density at radius 2 is 0.617 bits per heavy atom. The Hall–Kier alpha value is -6.44. The fraction of sp³-hybridized carbons (Fsp3) is 0.186. The van der Waals surface area contributed by atoms with Crippen LogP contribution in [0.1, 0.15) is 88.8 Å².